The van der Waals surface area contributed by atoms with Crippen molar-refractivity contribution < 1.29 is 24.3 Å². The summed E-state index contributed by atoms with van der Waals surface area (Å²) in [7, 11) is 0. The van der Waals surface area contributed by atoms with Crippen LogP contribution < -0.4 is 21.7 Å². The van der Waals surface area contributed by atoms with E-state index in [2.05, 4.69) is 16.0 Å². The maximum atomic E-state index is 12.5. The van der Waals surface area contributed by atoms with Crippen LogP contribution in [0.5, 0.6) is 0 Å². The lowest BCUT2D eigenvalue weighted by atomic mass is 10.0. The van der Waals surface area contributed by atoms with Gasteiger partial charge in [0.25, 0.3) is 0 Å². The smallest absolute Gasteiger partial charge is 0.322 e. The van der Waals surface area contributed by atoms with E-state index in [1.165, 1.54) is 18.7 Å². The van der Waals surface area contributed by atoms with Crippen LogP contribution in [-0.2, 0) is 19.2 Å². The summed E-state index contributed by atoms with van der Waals surface area (Å²) in [6.07, 6.45) is 2.26. The minimum absolute atomic E-state index is 0.261. The van der Waals surface area contributed by atoms with E-state index in [-0.39, 0.29) is 5.92 Å². The molecule has 0 aliphatic rings. The largest absolute Gasteiger partial charge is 0.480 e. The molecule has 0 heterocycles. The third kappa shape index (κ3) is 9.30. The first kappa shape index (κ1) is 23.2. The molecule has 25 heavy (non-hydrogen) atoms. The fourth-order valence-corrected chi connectivity index (χ4v) is 2.34. The number of carbonyl (C=O) groups excluding carboxylic acids is 3. The summed E-state index contributed by atoms with van der Waals surface area (Å²) >= 11 is 1.52. The molecule has 0 radical (unpaired) electrons. The zero-order valence-corrected chi connectivity index (χ0v) is 15.8. The van der Waals surface area contributed by atoms with Crippen LogP contribution in [-0.4, -0.2) is 65.5 Å². The van der Waals surface area contributed by atoms with Gasteiger partial charge in [-0.3, -0.25) is 19.2 Å². The van der Waals surface area contributed by atoms with Crippen LogP contribution in [0.15, 0.2) is 0 Å². The minimum Gasteiger partial charge on any atom is -0.480 e. The second-order valence-corrected chi connectivity index (χ2v) is 6.96. The fourth-order valence-electron chi connectivity index (χ4n) is 1.87. The quantitative estimate of drug-likeness (QED) is 0.307. The second kappa shape index (κ2) is 11.7. The molecule has 0 aliphatic heterocycles. The van der Waals surface area contributed by atoms with E-state index in [4.69, 9.17) is 10.8 Å². The highest BCUT2D eigenvalue weighted by atomic mass is 32.2. The Morgan fingerprint density at radius 1 is 1.04 bits per heavy atom. The summed E-state index contributed by atoms with van der Waals surface area (Å²) in [5.74, 6) is -2.36. The molecular weight excluding hydrogens is 348 g/mol. The molecule has 9 nitrogen and oxygen atoms in total. The molecule has 0 spiro atoms. The molecule has 3 unspecified atom stereocenters. The van der Waals surface area contributed by atoms with Crippen molar-refractivity contribution in [2.45, 2.75) is 45.3 Å². The number of carbonyl (C=O) groups is 4. The van der Waals surface area contributed by atoms with Gasteiger partial charge in [0.1, 0.15) is 18.6 Å². The highest BCUT2D eigenvalue weighted by molar-refractivity contribution is 7.98. The Labute approximate surface area is 151 Å². The van der Waals surface area contributed by atoms with Gasteiger partial charge in [-0.15, -0.1) is 0 Å². The van der Waals surface area contributed by atoms with Crippen molar-refractivity contribution in [2.75, 3.05) is 18.6 Å². The maximum Gasteiger partial charge on any atom is 0.322 e. The number of nitrogens with two attached hydrogens (primary N) is 1. The molecule has 3 atom stereocenters. The Balaban J connectivity index is 5.01. The topological polar surface area (TPSA) is 151 Å². The molecule has 10 heteroatoms. The molecular formula is C15H28N4O5S. The van der Waals surface area contributed by atoms with E-state index in [9.17, 15) is 19.2 Å². The van der Waals surface area contributed by atoms with Gasteiger partial charge in [0, 0.05) is 0 Å². The number of amides is 3. The number of carboxylic acids is 1. The molecule has 6 N–H and O–H groups in total. The average molecular weight is 376 g/mol. The number of hydrogen-bond acceptors (Lipinski definition) is 6. The van der Waals surface area contributed by atoms with E-state index in [0.717, 1.165) is 0 Å². The van der Waals surface area contributed by atoms with Crippen LogP contribution in [0.25, 0.3) is 0 Å². The van der Waals surface area contributed by atoms with Gasteiger partial charge in [-0.2, -0.15) is 11.8 Å². The highest BCUT2D eigenvalue weighted by Crippen LogP contribution is 2.06. The van der Waals surface area contributed by atoms with Crippen molar-refractivity contribution in [1.29, 1.82) is 0 Å². The lowest BCUT2D eigenvalue weighted by Crippen LogP contribution is -2.57. The van der Waals surface area contributed by atoms with Gasteiger partial charge in [-0.1, -0.05) is 13.8 Å². The lowest BCUT2D eigenvalue weighted by molar-refractivity contribution is -0.139. The summed E-state index contributed by atoms with van der Waals surface area (Å²) in [5, 5.41) is 16.0. The van der Waals surface area contributed by atoms with Crippen molar-refractivity contribution in [3.8, 4) is 0 Å². The van der Waals surface area contributed by atoms with Gasteiger partial charge in [-0.25, -0.2) is 0 Å². The Kier molecular flexibility index (Phi) is 10.8. The highest BCUT2D eigenvalue weighted by Gasteiger charge is 2.29. The lowest BCUT2D eigenvalue weighted by Gasteiger charge is -2.25. The number of rotatable bonds is 11. The third-order valence-electron chi connectivity index (χ3n) is 3.32. The molecule has 0 bridgehead atoms. The number of aliphatic carboxylic acids is 1. The molecule has 0 aromatic carbocycles. The molecule has 0 aliphatic carbocycles. The van der Waals surface area contributed by atoms with Crippen molar-refractivity contribution in [3.05, 3.63) is 0 Å². The van der Waals surface area contributed by atoms with Crippen LogP contribution in [0.4, 0.5) is 0 Å². The van der Waals surface area contributed by atoms with Crippen LogP contribution in [0.2, 0.25) is 0 Å². The van der Waals surface area contributed by atoms with Gasteiger partial charge >= 0.3 is 5.97 Å². The number of thioether (sulfide) groups is 1. The summed E-state index contributed by atoms with van der Waals surface area (Å²) in [4.78, 5) is 46.9. The summed E-state index contributed by atoms with van der Waals surface area (Å²) in [6, 6.07) is -2.49. The molecule has 0 saturated heterocycles. The molecule has 144 valence electrons. The van der Waals surface area contributed by atoms with E-state index >= 15 is 0 Å². The van der Waals surface area contributed by atoms with Gasteiger partial charge in [-0.05, 0) is 31.3 Å². The summed E-state index contributed by atoms with van der Waals surface area (Å²) in [6.45, 7) is 4.43. The Morgan fingerprint density at radius 2 is 1.64 bits per heavy atom. The van der Waals surface area contributed by atoms with Crippen LogP contribution in [0.3, 0.4) is 0 Å². The second-order valence-electron chi connectivity index (χ2n) is 5.97. The van der Waals surface area contributed by atoms with E-state index in [1.54, 1.807) is 13.8 Å². The SMILES string of the molecule is CSCCC(NC(=O)C(C)N)C(=O)NC(C(=O)NCC(=O)O)C(C)C. The zero-order chi connectivity index (χ0) is 19.6. The Morgan fingerprint density at radius 3 is 2.08 bits per heavy atom. The first-order valence-corrected chi connectivity index (χ1v) is 9.34. The average Bonchev–Trinajstić information content (AvgIpc) is 2.53. The van der Waals surface area contributed by atoms with Gasteiger partial charge < -0.3 is 26.8 Å². The standard InChI is InChI=1S/C15H28N4O5S/c1-8(2)12(15(24)17-7-11(20)21)19-14(23)10(5-6-25-4)18-13(22)9(3)16/h8-10,12H,5-7,16H2,1-4H3,(H,17,24)(H,18,22)(H,19,23)(H,20,21). The van der Waals surface area contributed by atoms with Gasteiger partial charge in [0.05, 0.1) is 6.04 Å². The maximum absolute atomic E-state index is 12.5. The van der Waals surface area contributed by atoms with Crippen molar-refractivity contribution >= 4 is 35.5 Å². The molecule has 0 aromatic rings. The minimum atomic E-state index is -1.18. The van der Waals surface area contributed by atoms with Crippen molar-refractivity contribution in [2.24, 2.45) is 11.7 Å². The van der Waals surface area contributed by atoms with Gasteiger partial charge in [0.2, 0.25) is 17.7 Å². The van der Waals surface area contributed by atoms with Crippen LogP contribution in [0, 0.1) is 5.92 Å². The summed E-state index contributed by atoms with van der Waals surface area (Å²) < 4.78 is 0. The Hall–Kier alpha value is -1.81. The summed E-state index contributed by atoms with van der Waals surface area (Å²) in [5.41, 5.74) is 5.51. The first-order valence-electron chi connectivity index (χ1n) is 7.94. The third-order valence-corrected chi connectivity index (χ3v) is 3.96. The predicted molar refractivity (Wildman–Crippen MR) is 96.0 cm³/mol. The van der Waals surface area contributed by atoms with E-state index in [0.29, 0.717) is 12.2 Å². The molecule has 0 saturated carbocycles. The monoisotopic (exact) mass is 376 g/mol. The van der Waals surface area contributed by atoms with Crippen molar-refractivity contribution in [3.63, 3.8) is 0 Å². The van der Waals surface area contributed by atoms with Crippen molar-refractivity contribution in [1.82, 2.24) is 16.0 Å². The zero-order valence-electron chi connectivity index (χ0n) is 15.0. The van der Waals surface area contributed by atoms with Crippen LogP contribution in [0.1, 0.15) is 27.2 Å². The number of carboxylic acid groups (broad SMARTS) is 1. The first-order chi connectivity index (χ1) is 11.6. The molecule has 3 amide bonds. The van der Waals surface area contributed by atoms with Crippen LogP contribution >= 0.6 is 11.8 Å². The van der Waals surface area contributed by atoms with E-state index in [1.807, 2.05) is 6.26 Å². The normalized spacial score (nSPS) is 14.3. The number of hydrogen-bond donors (Lipinski definition) is 5. The van der Waals surface area contributed by atoms with E-state index < -0.39 is 48.4 Å². The molecule has 0 rings (SSSR count). The predicted octanol–water partition coefficient (Wildman–Crippen LogP) is -1.09. The fraction of sp³-hybridized carbons (Fsp3) is 0.733. The van der Waals surface area contributed by atoms with Gasteiger partial charge in [0.15, 0.2) is 0 Å². The number of nitrogens with one attached hydrogen (secondary N) is 3. The molecule has 0 fully saturated rings. The Bertz CT molecular complexity index is 485. The molecule has 0 aromatic heterocycles.